The lowest BCUT2D eigenvalue weighted by atomic mass is 9.97. The smallest absolute Gasteiger partial charge is 0.194 e. The number of rotatable bonds is 1. The molecule has 2 rings (SSSR count). The Morgan fingerprint density at radius 1 is 1.07 bits per heavy atom. The molecule has 82 valence electrons. The summed E-state index contributed by atoms with van der Waals surface area (Å²) in [6, 6.07) is 2.20. The van der Waals surface area contributed by atoms with Gasteiger partial charge in [-0.1, -0.05) is 22.4 Å². The molecule has 1 aromatic rings. The lowest BCUT2D eigenvalue weighted by Gasteiger charge is -2.14. The molecule has 0 nitrogen and oxygen atoms in total. The molecule has 1 fully saturated rings. The van der Waals surface area contributed by atoms with Crippen LogP contribution in [0.15, 0.2) is 12.1 Å². The number of hydrogen-bond acceptors (Lipinski definition) is 0. The van der Waals surface area contributed by atoms with E-state index in [0.717, 1.165) is 31.4 Å². The van der Waals surface area contributed by atoms with Crippen molar-refractivity contribution in [3.05, 3.63) is 35.1 Å². The molecule has 0 N–H and O–H groups in total. The third kappa shape index (κ3) is 2.05. The number of halogens is 4. The van der Waals surface area contributed by atoms with Crippen molar-refractivity contribution in [1.29, 1.82) is 0 Å². The van der Waals surface area contributed by atoms with E-state index in [2.05, 4.69) is 15.9 Å². The average molecular weight is 279 g/mol. The van der Waals surface area contributed by atoms with Gasteiger partial charge in [0.15, 0.2) is 17.5 Å². The molecule has 15 heavy (non-hydrogen) atoms. The average Bonchev–Trinajstić information content (AvgIpc) is 2.60. The van der Waals surface area contributed by atoms with E-state index in [9.17, 15) is 13.2 Å². The third-order valence-electron chi connectivity index (χ3n) is 2.87. The highest BCUT2D eigenvalue weighted by molar-refractivity contribution is 9.09. The Bertz CT molecular complexity index is 355. The molecule has 0 bridgehead atoms. The first-order valence-electron chi connectivity index (χ1n) is 4.88. The van der Waals surface area contributed by atoms with Gasteiger partial charge in [0, 0.05) is 4.83 Å². The van der Waals surface area contributed by atoms with Crippen molar-refractivity contribution in [2.24, 2.45) is 0 Å². The van der Waals surface area contributed by atoms with Crippen LogP contribution in [-0.4, -0.2) is 4.83 Å². The molecule has 1 saturated carbocycles. The fraction of sp³-hybridized carbons (Fsp3) is 0.455. The van der Waals surface area contributed by atoms with Gasteiger partial charge in [-0.25, -0.2) is 13.2 Å². The Morgan fingerprint density at radius 3 is 2.13 bits per heavy atom. The minimum Gasteiger partial charge on any atom is -0.204 e. The van der Waals surface area contributed by atoms with Gasteiger partial charge in [-0.2, -0.15) is 0 Å². The molecular weight excluding hydrogens is 269 g/mol. The van der Waals surface area contributed by atoms with Gasteiger partial charge in [0.2, 0.25) is 0 Å². The van der Waals surface area contributed by atoms with Gasteiger partial charge in [0.25, 0.3) is 0 Å². The van der Waals surface area contributed by atoms with E-state index < -0.39 is 17.5 Å². The van der Waals surface area contributed by atoms with Crippen LogP contribution in [0.1, 0.15) is 30.7 Å². The summed E-state index contributed by atoms with van der Waals surface area (Å²) in [6.07, 6.45) is 2.91. The summed E-state index contributed by atoms with van der Waals surface area (Å²) in [7, 11) is 0. The van der Waals surface area contributed by atoms with E-state index in [0.29, 0.717) is 5.56 Å². The zero-order valence-corrected chi connectivity index (χ0v) is 9.53. The highest BCUT2D eigenvalue weighted by atomic mass is 79.9. The lowest BCUT2D eigenvalue weighted by Crippen LogP contribution is -2.06. The molecule has 4 heteroatoms. The lowest BCUT2D eigenvalue weighted by molar-refractivity contribution is 0.443. The minimum absolute atomic E-state index is 0.0922. The maximum atomic E-state index is 13.0. The normalized spacial score (nSPS) is 25.9. The number of alkyl halides is 1. The molecule has 2 atom stereocenters. The fourth-order valence-corrected chi connectivity index (χ4v) is 2.97. The molecule has 0 heterocycles. The summed E-state index contributed by atoms with van der Waals surface area (Å²) in [5, 5.41) is 0. The van der Waals surface area contributed by atoms with Gasteiger partial charge in [0.1, 0.15) is 0 Å². The van der Waals surface area contributed by atoms with Crippen LogP contribution >= 0.6 is 15.9 Å². The van der Waals surface area contributed by atoms with E-state index in [4.69, 9.17) is 0 Å². The Hall–Kier alpha value is -0.510. The second kappa shape index (κ2) is 4.16. The summed E-state index contributed by atoms with van der Waals surface area (Å²) in [4.78, 5) is 0.238. The zero-order valence-electron chi connectivity index (χ0n) is 7.94. The summed E-state index contributed by atoms with van der Waals surface area (Å²) >= 11 is 3.47. The van der Waals surface area contributed by atoms with E-state index in [1.54, 1.807) is 0 Å². The largest absolute Gasteiger partial charge is 0.204 e. The molecule has 1 aliphatic carbocycles. The molecular formula is C11H10BrF3. The molecule has 0 saturated heterocycles. The topological polar surface area (TPSA) is 0 Å². The van der Waals surface area contributed by atoms with Crippen molar-refractivity contribution in [2.75, 3.05) is 0 Å². The van der Waals surface area contributed by atoms with Crippen molar-refractivity contribution >= 4 is 15.9 Å². The molecule has 0 spiro atoms. The first-order chi connectivity index (χ1) is 7.09. The van der Waals surface area contributed by atoms with Crippen molar-refractivity contribution in [1.82, 2.24) is 0 Å². The van der Waals surface area contributed by atoms with Gasteiger partial charge in [-0.15, -0.1) is 0 Å². The zero-order chi connectivity index (χ0) is 11.0. The van der Waals surface area contributed by atoms with Gasteiger partial charge in [-0.05, 0) is 36.5 Å². The van der Waals surface area contributed by atoms with Crippen molar-refractivity contribution in [2.45, 2.75) is 30.0 Å². The van der Waals surface area contributed by atoms with E-state index in [1.807, 2.05) is 0 Å². The highest BCUT2D eigenvalue weighted by Gasteiger charge is 2.27. The fourth-order valence-electron chi connectivity index (χ4n) is 2.08. The number of benzene rings is 1. The quantitative estimate of drug-likeness (QED) is 0.535. The highest BCUT2D eigenvalue weighted by Crippen LogP contribution is 2.39. The molecule has 0 aromatic heterocycles. The maximum Gasteiger partial charge on any atom is 0.194 e. The summed E-state index contributed by atoms with van der Waals surface area (Å²) < 4.78 is 38.7. The van der Waals surface area contributed by atoms with Crippen LogP contribution in [0.4, 0.5) is 13.2 Å². The Morgan fingerprint density at radius 2 is 1.67 bits per heavy atom. The van der Waals surface area contributed by atoms with Crippen LogP contribution in [0, 0.1) is 17.5 Å². The number of hydrogen-bond donors (Lipinski definition) is 0. The molecule has 2 unspecified atom stereocenters. The first kappa shape index (κ1) is 11.0. The van der Waals surface area contributed by atoms with Crippen LogP contribution < -0.4 is 0 Å². The predicted octanol–water partition coefficient (Wildman–Crippen LogP) is 4.13. The Kier molecular flexibility index (Phi) is 3.05. The van der Waals surface area contributed by atoms with Gasteiger partial charge < -0.3 is 0 Å². The molecule has 1 aliphatic rings. The summed E-state index contributed by atoms with van der Waals surface area (Å²) in [5.41, 5.74) is 0.547. The second-order valence-electron chi connectivity index (χ2n) is 3.85. The van der Waals surface area contributed by atoms with Crippen molar-refractivity contribution < 1.29 is 13.2 Å². The first-order valence-corrected chi connectivity index (χ1v) is 5.79. The molecule has 0 radical (unpaired) electrons. The monoisotopic (exact) mass is 278 g/mol. The molecule has 0 amide bonds. The van der Waals surface area contributed by atoms with Crippen LogP contribution in [0.3, 0.4) is 0 Å². The molecule has 1 aromatic carbocycles. The Balaban J connectivity index is 2.36. The van der Waals surface area contributed by atoms with Crippen molar-refractivity contribution in [3.8, 4) is 0 Å². The van der Waals surface area contributed by atoms with Gasteiger partial charge in [0.05, 0.1) is 0 Å². The van der Waals surface area contributed by atoms with Gasteiger partial charge >= 0.3 is 0 Å². The standard InChI is InChI=1S/C11H10BrF3/c12-8-3-1-2-7(8)6-4-9(13)11(15)10(14)5-6/h4-5,7-8H,1-3H2. The SMILES string of the molecule is Fc1cc(C2CCCC2Br)cc(F)c1F. The van der Waals surface area contributed by atoms with Gasteiger partial charge in [-0.3, -0.25) is 0 Å². The van der Waals surface area contributed by atoms with Crippen LogP contribution in [0.5, 0.6) is 0 Å². The van der Waals surface area contributed by atoms with E-state index >= 15 is 0 Å². The predicted molar refractivity (Wildman–Crippen MR) is 55.6 cm³/mol. The summed E-state index contributed by atoms with van der Waals surface area (Å²) in [5.74, 6) is -3.49. The van der Waals surface area contributed by atoms with Crippen molar-refractivity contribution in [3.63, 3.8) is 0 Å². The van der Waals surface area contributed by atoms with Crippen LogP contribution in [0.2, 0.25) is 0 Å². The van der Waals surface area contributed by atoms with Crippen LogP contribution in [-0.2, 0) is 0 Å². The van der Waals surface area contributed by atoms with Crippen LogP contribution in [0.25, 0.3) is 0 Å². The third-order valence-corrected chi connectivity index (χ3v) is 3.96. The minimum atomic E-state index is -1.39. The van der Waals surface area contributed by atoms with E-state index in [-0.39, 0.29) is 10.7 Å². The van der Waals surface area contributed by atoms with E-state index in [1.165, 1.54) is 0 Å². The second-order valence-corrected chi connectivity index (χ2v) is 5.03. The maximum absolute atomic E-state index is 13.0. The summed E-state index contributed by atoms with van der Waals surface area (Å²) in [6.45, 7) is 0. The molecule has 0 aliphatic heterocycles. The Labute approximate surface area is 94.6 Å².